The summed E-state index contributed by atoms with van der Waals surface area (Å²) in [7, 11) is 0. The van der Waals surface area contributed by atoms with E-state index >= 15 is 0 Å². The lowest BCUT2D eigenvalue weighted by Gasteiger charge is -2.33. The number of nitrogens with zero attached hydrogens (tertiary/aromatic N) is 3. The number of aryl methyl sites for hydroxylation is 1. The van der Waals surface area contributed by atoms with Crippen LogP contribution in [-0.2, 0) is 4.74 Å². The van der Waals surface area contributed by atoms with Gasteiger partial charge in [-0.3, -0.25) is 14.7 Å². The van der Waals surface area contributed by atoms with Crippen molar-refractivity contribution in [2.75, 3.05) is 32.8 Å². The number of rotatable bonds is 6. The molecule has 1 saturated heterocycles. The first-order chi connectivity index (χ1) is 12.5. The zero-order chi connectivity index (χ0) is 18.5. The normalized spacial score (nSPS) is 18.2. The molecule has 3 heterocycles. The Morgan fingerprint density at radius 1 is 1.46 bits per heavy atom. The van der Waals surface area contributed by atoms with E-state index in [1.807, 2.05) is 25.1 Å². The number of carbonyl (C=O) groups is 1. The van der Waals surface area contributed by atoms with Crippen LogP contribution in [0.3, 0.4) is 0 Å². The van der Waals surface area contributed by atoms with Gasteiger partial charge in [-0.2, -0.15) is 0 Å². The smallest absolute Gasteiger partial charge is 0.263 e. The summed E-state index contributed by atoms with van der Waals surface area (Å²) in [5.41, 5.74) is 1.53. The lowest BCUT2D eigenvalue weighted by atomic mass is 10.2. The number of carbonyl (C=O) groups excluding carboxylic acids is 1. The maximum Gasteiger partial charge on any atom is 0.263 e. The Bertz CT molecular complexity index is 732. The summed E-state index contributed by atoms with van der Waals surface area (Å²) in [6, 6.07) is 5.69. The number of thiazole rings is 1. The number of nitrogens with one attached hydrogen (secondary N) is 1. The Kier molecular flexibility index (Phi) is 6.34. The summed E-state index contributed by atoms with van der Waals surface area (Å²) in [5.74, 6) is 0.542. The van der Waals surface area contributed by atoms with Crippen LogP contribution in [-0.4, -0.2) is 59.7 Å². The van der Waals surface area contributed by atoms with E-state index < -0.39 is 0 Å². The molecule has 140 valence electrons. The highest BCUT2D eigenvalue weighted by molar-refractivity contribution is 7.17. The third-order valence-electron chi connectivity index (χ3n) is 4.22. The maximum atomic E-state index is 12.6. The first-order valence-corrected chi connectivity index (χ1v) is 9.85. The summed E-state index contributed by atoms with van der Waals surface area (Å²) in [6.45, 7) is 10.4. The van der Waals surface area contributed by atoms with Gasteiger partial charge in [0, 0.05) is 32.4 Å². The molecule has 2 aromatic heterocycles. The highest BCUT2D eigenvalue weighted by Gasteiger charge is 2.23. The van der Waals surface area contributed by atoms with Gasteiger partial charge in [-0.1, -0.05) is 19.9 Å². The molecule has 26 heavy (non-hydrogen) atoms. The number of aromatic nitrogens is 2. The zero-order valence-corrected chi connectivity index (χ0v) is 16.4. The first kappa shape index (κ1) is 18.9. The van der Waals surface area contributed by atoms with E-state index in [2.05, 4.69) is 34.0 Å². The van der Waals surface area contributed by atoms with Gasteiger partial charge in [-0.05, 0) is 25.0 Å². The predicted molar refractivity (Wildman–Crippen MR) is 103 cm³/mol. The molecule has 0 aromatic carbocycles. The number of amides is 1. The molecule has 1 unspecified atom stereocenters. The van der Waals surface area contributed by atoms with Gasteiger partial charge in [0.05, 0.1) is 24.1 Å². The minimum absolute atomic E-state index is 0.0370. The van der Waals surface area contributed by atoms with Gasteiger partial charge in [0.15, 0.2) is 0 Å². The summed E-state index contributed by atoms with van der Waals surface area (Å²) in [5, 5.41) is 3.78. The van der Waals surface area contributed by atoms with Crippen molar-refractivity contribution in [1.82, 2.24) is 20.2 Å². The fourth-order valence-corrected chi connectivity index (χ4v) is 4.04. The molecule has 0 saturated carbocycles. The summed E-state index contributed by atoms with van der Waals surface area (Å²) >= 11 is 1.38. The zero-order valence-electron chi connectivity index (χ0n) is 15.6. The topological polar surface area (TPSA) is 67.4 Å². The standard InChI is InChI=1S/C19H26N4O2S/c1-13(2)11-23-8-9-25-15(12-23)10-21-18(24)17-14(3)22-19(26-17)16-6-4-5-7-20-16/h4-7,13,15H,8-12H2,1-3H3,(H,21,24). The number of morpholine rings is 1. The molecule has 1 fully saturated rings. The van der Waals surface area contributed by atoms with Gasteiger partial charge < -0.3 is 10.1 Å². The fourth-order valence-electron chi connectivity index (χ4n) is 3.08. The van der Waals surface area contributed by atoms with Crippen LogP contribution in [0, 0.1) is 12.8 Å². The van der Waals surface area contributed by atoms with Crippen molar-refractivity contribution >= 4 is 17.2 Å². The molecule has 1 atom stereocenters. The van der Waals surface area contributed by atoms with Crippen LogP contribution < -0.4 is 5.32 Å². The molecule has 0 aliphatic carbocycles. The summed E-state index contributed by atoms with van der Waals surface area (Å²) in [4.78, 5) is 24.4. The van der Waals surface area contributed by atoms with Gasteiger partial charge in [-0.25, -0.2) is 4.98 Å². The molecule has 1 aliphatic rings. The molecule has 2 aromatic rings. The summed E-state index contributed by atoms with van der Waals surface area (Å²) < 4.78 is 5.80. The predicted octanol–water partition coefficient (Wildman–Crippen LogP) is 2.60. The van der Waals surface area contributed by atoms with Crippen molar-refractivity contribution < 1.29 is 9.53 Å². The molecule has 3 rings (SSSR count). The average Bonchev–Trinajstić information content (AvgIpc) is 3.02. The maximum absolute atomic E-state index is 12.6. The number of hydrogen-bond donors (Lipinski definition) is 1. The molecule has 7 heteroatoms. The molecule has 0 radical (unpaired) electrons. The Morgan fingerprint density at radius 3 is 3.04 bits per heavy atom. The average molecular weight is 375 g/mol. The van der Waals surface area contributed by atoms with Crippen LogP contribution in [0.15, 0.2) is 24.4 Å². The lowest BCUT2D eigenvalue weighted by molar-refractivity contribution is -0.0295. The second-order valence-corrected chi connectivity index (χ2v) is 8.00. The van der Waals surface area contributed by atoms with Crippen LogP contribution in [0.25, 0.3) is 10.7 Å². The lowest BCUT2D eigenvalue weighted by Crippen LogP contribution is -2.48. The van der Waals surface area contributed by atoms with Crippen molar-refractivity contribution in [3.63, 3.8) is 0 Å². The minimum atomic E-state index is -0.0910. The van der Waals surface area contributed by atoms with Gasteiger partial charge in [0.2, 0.25) is 0 Å². The van der Waals surface area contributed by atoms with Crippen LogP contribution in [0.1, 0.15) is 29.2 Å². The van der Waals surface area contributed by atoms with Crippen molar-refractivity contribution in [2.45, 2.75) is 26.9 Å². The molecule has 0 spiro atoms. The van der Waals surface area contributed by atoms with Gasteiger partial charge in [-0.15, -0.1) is 11.3 Å². The first-order valence-electron chi connectivity index (χ1n) is 9.04. The molecular weight excluding hydrogens is 348 g/mol. The van der Waals surface area contributed by atoms with Crippen LogP contribution >= 0.6 is 11.3 Å². The number of hydrogen-bond acceptors (Lipinski definition) is 6. The molecule has 0 bridgehead atoms. The van der Waals surface area contributed by atoms with E-state index in [4.69, 9.17) is 4.74 Å². The number of ether oxygens (including phenoxy) is 1. The van der Waals surface area contributed by atoms with E-state index in [0.29, 0.717) is 17.3 Å². The highest BCUT2D eigenvalue weighted by atomic mass is 32.1. The van der Waals surface area contributed by atoms with Crippen molar-refractivity contribution in [3.8, 4) is 10.7 Å². The van der Waals surface area contributed by atoms with E-state index in [1.54, 1.807) is 6.20 Å². The Balaban J connectivity index is 1.58. The summed E-state index contributed by atoms with van der Waals surface area (Å²) in [6.07, 6.45) is 1.77. The second-order valence-electron chi connectivity index (χ2n) is 7.00. The van der Waals surface area contributed by atoms with Gasteiger partial charge in [0.25, 0.3) is 5.91 Å². The Morgan fingerprint density at radius 2 is 2.31 bits per heavy atom. The number of pyridine rings is 1. The molecule has 6 nitrogen and oxygen atoms in total. The molecule has 1 amide bonds. The largest absolute Gasteiger partial charge is 0.374 e. The van der Waals surface area contributed by atoms with Crippen molar-refractivity contribution in [1.29, 1.82) is 0 Å². The highest BCUT2D eigenvalue weighted by Crippen LogP contribution is 2.26. The van der Waals surface area contributed by atoms with E-state index in [1.165, 1.54) is 11.3 Å². The van der Waals surface area contributed by atoms with Gasteiger partial charge in [0.1, 0.15) is 9.88 Å². The third kappa shape index (κ3) is 4.87. The van der Waals surface area contributed by atoms with Crippen LogP contribution in [0.5, 0.6) is 0 Å². The van der Waals surface area contributed by atoms with E-state index in [9.17, 15) is 4.79 Å². The molecule has 1 aliphatic heterocycles. The molecule has 1 N–H and O–H groups in total. The minimum Gasteiger partial charge on any atom is -0.374 e. The van der Waals surface area contributed by atoms with Crippen molar-refractivity contribution in [3.05, 3.63) is 35.0 Å². The Labute approximate surface area is 158 Å². The van der Waals surface area contributed by atoms with E-state index in [-0.39, 0.29) is 12.0 Å². The van der Waals surface area contributed by atoms with Crippen LogP contribution in [0.4, 0.5) is 0 Å². The third-order valence-corrected chi connectivity index (χ3v) is 5.40. The quantitative estimate of drug-likeness (QED) is 0.842. The monoisotopic (exact) mass is 374 g/mol. The fraction of sp³-hybridized carbons (Fsp3) is 0.526. The van der Waals surface area contributed by atoms with Crippen LogP contribution in [0.2, 0.25) is 0 Å². The van der Waals surface area contributed by atoms with Gasteiger partial charge >= 0.3 is 0 Å². The Hall–Kier alpha value is -1.83. The van der Waals surface area contributed by atoms with Crippen molar-refractivity contribution in [2.24, 2.45) is 5.92 Å². The SMILES string of the molecule is Cc1nc(-c2ccccn2)sc1C(=O)NCC1CN(CC(C)C)CCO1. The molecular formula is C19H26N4O2S. The van der Waals surface area contributed by atoms with E-state index in [0.717, 1.165) is 42.6 Å². The second kappa shape index (κ2) is 8.70.